The van der Waals surface area contributed by atoms with Crippen molar-refractivity contribution >= 4 is 11.8 Å². The molecule has 4 heteroatoms. The maximum Gasteiger partial charge on any atom is 0.311 e. The number of amides is 2. The van der Waals surface area contributed by atoms with Crippen molar-refractivity contribution in [1.82, 2.24) is 10.2 Å². The minimum absolute atomic E-state index is 0.398. The summed E-state index contributed by atoms with van der Waals surface area (Å²) in [5.41, 5.74) is 2.16. The normalized spacial score (nSPS) is 18.7. The van der Waals surface area contributed by atoms with Crippen LogP contribution in [0.5, 0.6) is 0 Å². The molecule has 1 aromatic rings. The summed E-state index contributed by atoms with van der Waals surface area (Å²) in [5, 5.41) is 2.72. The van der Waals surface area contributed by atoms with Crippen LogP contribution in [0.4, 0.5) is 0 Å². The lowest BCUT2D eigenvalue weighted by Gasteiger charge is -2.30. The Bertz CT molecular complexity index is 499. The van der Waals surface area contributed by atoms with Crippen LogP contribution in [0.25, 0.3) is 0 Å². The van der Waals surface area contributed by atoms with Crippen molar-refractivity contribution in [2.45, 2.75) is 33.2 Å². The van der Waals surface area contributed by atoms with E-state index in [1.807, 2.05) is 31.2 Å². The van der Waals surface area contributed by atoms with Crippen LogP contribution in [0.15, 0.2) is 24.3 Å². The highest BCUT2D eigenvalue weighted by atomic mass is 16.2. The van der Waals surface area contributed by atoms with Gasteiger partial charge in [-0.2, -0.15) is 0 Å². The largest absolute Gasteiger partial charge is 0.344 e. The number of hydrogen-bond acceptors (Lipinski definition) is 2. The molecule has 1 saturated heterocycles. The van der Waals surface area contributed by atoms with Gasteiger partial charge in [-0.15, -0.1) is 0 Å². The molecule has 0 aliphatic carbocycles. The van der Waals surface area contributed by atoms with Crippen molar-refractivity contribution in [1.29, 1.82) is 0 Å². The van der Waals surface area contributed by atoms with Gasteiger partial charge in [-0.1, -0.05) is 31.2 Å². The van der Waals surface area contributed by atoms with Gasteiger partial charge in [-0.3, -0.25) is 9.59 Å². The molecule has 1 N–H and O–H groups in total. The van der Waals surface area contributed by atoms with Crippen molar-refractivity contribution in [3.8, 4) is 0 Å². The Morgan fingerprint density at radius 2 is 2.10 bits per heavy atom. The molecule has 1 fully saturated rings. The van der Waals surface area contributed by atoms with Crippen molar-refractivity contribution in [3.63, 3.8) is 0 Å². The zero-order valence-electron chi connectivity index (χ0n) is 12.2. The van der Waals surface area contributed by atoms with E-state index < -0.39 is 11.8 Å². The first-order valence-corrected chi connectivity index (χ1v) is 7.19. The molecule has 1 atom stereocenters. The average Bonchev–Trinajstić information content (AvgIpc) is 2.45. The molecule has 1 unspecified atom stereocenters. The summed E-state index contributed by atoms with van der Waals surface area (Å²) in [6.45, 7) is 5.90. The van der Waals surface area contributed by atoms with E-state index in [1.54, 1.807) is 4.90 Å². The van der Waals surface area contributed by atoms with E-state index >= 15 is 0 Å². The third-order valence-corrected chi connectivity index (χ3v) is 3.84. The highest BCUT2D eigenvalue weighted by Gasteiger charge is 2.25. The number of benzene rings is 1. The minimum atomic E-state index is -0.498. The molecule has 1 aliphatic heterocycles. The second-order valence-electron chi connectivity index (χ2n) is 5.61. The molecule has 1 aromatic carbocycles. The van der Waals surface area contributed by atoms with Gasteiger partial charge in [0.15, 0.2) is 0 Å². The van der Waals surface area contributed by atoms with Gasteiger partial charge >= 0.3 is 11.8 Å². The molecule has 108 valence electrons. The second kappa shape index (κ2) is 6.55. The Hall–Kier alpha value is -1.84. The maximum absolute atomic E-state index is 12.1. The third kappa shape index (κ3) is 3.59. The predicted octanol–water partition coefficient (Wildman–Crippen LogP) is 1.87. The standard InChI is InChI=1S/C16H22N2O2/c1-12-6-5-9-18(11-12)16(20)15(19)17-10-14-8-4-3-7-13(14)2/h3-4,7-8,12H,5-6,9-11H2,1-2H3,(H,17,19). The van der Waals surface area contributed by atoms with Gasteiger partial charge in [0.05, 0.1) is 0 Å². The van der Waals surface area contributed by atoms with E-state index in [0.29, 0.717) is 25.6 Å². The zero-order chi connectivity index (χ0) is 14.5. The lowest BCUT2D eigenvalue weighted by molar-refractivity contribution is -0.147. The number of aryl methyl sites for hydroxylation is 1. The molecule has 0 bridgehead atoms. The Morgan fingerprint density at radius 3 is 2.80 bits per heavy atom. The fourth-order valence-corrected chi connectivity index (χ4v) is 2.58. The van der Waals surface area contributed by atoms with Crippen molar-refractivity contribution in [3.05, 3.63) is 35.4 Å². The van der Waals surface area contributed by atoms with Crippen LogP contribution >= 0.6 is 0 Å². The van der Waals surface area contributed by atoms with Crippen LogP contribution in [-0.2, 0) is 16.1 Å². The molecule has 4 nitrogen and oxygen atoms in total. The van der Waals surface area contributed by atoms with Gasteiger partial charge in [-0.05, 0) is 36.8 Å². The van der Waals surface area contributed by atoms with Gasteiger partial charge in [0.25, 0.3) is 0 Å². The first-order valence-electron chi connectivity index (χ1n) is 7.19. The van der Waals surface area contributed by atoms with Crippen LogP contribution < -0.4 is 5.32 Å². The first kappa shape index (κ1) is 14.6. The summed E-state index contributed by atoms with van der Waals surface area (Å²) >= 11 is 0. The SMILES string of the molecule is Cc1ccccc1CNC(=O)C(=O)N1CCCC(C)C1. The molecule has 0 spiro atoms. The number of carbonyl (C=O) groups is 2. The van der Waals surface area contributed by atoms with E-state index in [-0.39, 0.29) is 0 Å². The molecule has 0 radical (unpaired) electrons. The third-order valence-electron chi connectivity index (χ3n) is 3.84. The molecule has 0 aromatic heterocycles. The lowest BCUT2D eigenvalue weighted by atomic mass is 10.0. The monoisotopic (exact) mass is 274 g/mol. The second-order valence-corrected chi connectivity index (χ2v) is 5.61. The fraction of sp³-hybridized carbons (Fsp3) is 0.500. The Kier molecular flexibility index (Phi) is 4.77. The summed E-state index contributed by atoms with van der Waals surface area (Å²) in [4.78, 5) is 25.7. The molecule has 0 saturated carbocycles. The number of rotatable bonds is 2. The highest BCUT2D eigenvalue weighted by molar-refractivity contribution is 6.34. The summed E-state index contributed by atoms with van der Waals surface area (Å²) < 4.78 is 0. The van der Waals surface area contributed by atoms with Gasteiger partial charge < -0.3 is 10.2 Å². The van der Waals surface area contributed by atoms with E-state index in [0.717, 1.165) is 24.0 Å². The Balaban J connectivity index is 1.88. The first-order chi connectivity index (χ1) is 9.58. The van der Waals surface area contributed by atoms with Gasteiger partial charge in [-0.25, -0.2) is 0 Å². The maximum atomic E-state index is 12.1. The average molecular weight is 274 g/mol. The summed E-state index contributed by atoms with van der Waals surface area (Å²) in [6, 6.07) is 7.85. The molecule has 1 aliphatic rings. The minimum Gasteiger partial charge on any atom is -0.344 e. The lowest BCUT2D eigenvalue weighted by Crippen LogP contribution is -2.46. The molecular weight excluding hydrogens is 252 g/mol. The fourth-order valence-electron chi connectivity index (χ4n) is 2.58. The number of carbonyl (C=O) groups excluding carboxylic acids is 2. The molecular formula is C16H22N2O2. The van der Waals surface area contributed by atoms with Crippen molar-refractivity contribution < 1.29 is 9.59 Å². The molecule has 20 heavy (non-hydrogen) atoms. The van der Waals surface area contributed by atoms with Crippen molar-refractivity contribution in [2.24, 2.45) is 5.92 Å². The molecule has 1 heterocycles. The van der Waals surface area contributed by atoms with E-state index in [9.17, 15) is 9.59 Å². The number of piperidine rings is 1. The quantitative estimate of drug-likeness (QED) is 0.837. The number of nitrogens with one attached hydrogen (secondary N) is 1. The summed E-state index contributed by atoms with van der Waals surface area (Å²) in [7, 11) is 0. The summed E-state index contributed by atoms with van der Waals surface area (Å²) in [6.07, 6.45) is 2.12. The smallest absolute Gasteiger partial charge is 0.311 e. The zero-order valence-corrected chi connectivity index (χ0v) is 12.2. The van der Waals surface area contributed by atoms with Crippen molar-refractivity contribution in [2.75, 3.05) is 13.1 Å². The molecule has 2 rings (SSSR count). The topological polar surface area (TPSA) is 49.4 Å². The molecule has 2 amide bonds. The highest BCUT2D eigenvalue weighted by Crippen LogP contribution is 2.15. The van der Waals surface area contributed by atoms with Crippen LogP contribution in [0.3, 0.4) is 0 Å². The van der Waals surface area contributed by atoms with Crippen LogP contribution in [0.1, 0.15) is 30.9 Å². The van der Waals surface area contributed by atoms with Gasteiger partial charge in [0.2, 0.25) is 0 Å². The van der Waals surface area contributed by atoms with Crippen LogP contribution in [-0.4, -0.2) is 29.8 Å². The number of likely N-dealkylation sites (tertiary alicyclic amines) is 1. The van der Waals surface area contributed by atoms with Gasteiger partial charge in [0.1, 0.15) is 0 Å². The van der Waals surface area contributed by atoms with Crippen LogP contribution in [0.2, 0.25) is 0 Å². The van der Waals surface area contributed by atoms with E-state index in [1.165, 1.54) is 0 Å². The van der Waals surface area contributed by atoms with Crippen LogP contribution in [0, 0.1) is 12.8 Å². The Morgan fingerprint density at radius 1 is 1.35 bits per heavy atom. The van der Waals surface area contributed by atoms with E-state index in [2.05, 4.69) is 12.2 Å². The van der Waals surface area contributed by atoms with Gasteiger partial charge in [0, 0.05) is 19.6 Å². The number of nitrogens with zero attached hydrogens (tertiary/aromatic N) is 1. The predicted molar refractivity (Wildman–Crippen MR) is 78.0 cm³/mol. The Labute approximate surface area is 120 Å². The number of hydrogen-bond donors (Lipinski definition) is 1. The van der Waals surface area contributed by atoms with E-state index in [4.69, 9.17) is 0 Å². The summed E-state index contributed by atoms with van der Waals surface area (Å²) in [5.74, 6) is -0.413.